The Hall–Kier alpha value is -1.86. The number of fused-ring (bicyclic) bond motifs is 1. The van der Waals surface area contributed by atoms with Crippen LogP contribution in [0.25, 0.3) is 0 Å². The van der Waals surface area contributed by atoms with Gasteiger partial charge in [-0.1, -0.05) is 24.8 Å². The first-order valence-corrected chi connectivity index (χ1v) is 11.6. The molecule has 3 heterocycles. The van der Waals surface area contributed by atoms with Gasteiger partial charge in [-0.2, -0.15) is 0 Å². The Morgan fingerprint density at radius 2 is 1.86 bits per heavy atom. The second kappa shape index (κ2) is 9.55. The van der Waals surface area contributed by atoms with E-state index in [0.29, 0.717) is 0 Å². The van der Waals surface area contributed by atoms with Crippen LogP contribution in [0.4, 0.5) is 0 Å². The van der Waals surface area contributed by atoms with Crippen LogP contribution in [0.5, 0.6) is 0 Å². The first kappa shape index (κ1) is 26.2. The summed E-state index contributed by atoms with van der Waals surface area (Å²) in [7, 11) is 1.17. The summed E-state index contributed by atoms with van der Waals surface area (Å²) in [6.07, 6.45) is -1.71. The highest BCUT2D eigenvalue weighted by molar-refractivity contribution is 6.03. The van der Waals surface area contributed by atoms with Crippen molar-refractivity contribution in [1.29, 1.82) is 0 Å². The molecule has 0 aromatic heterocycles. The molecule has 11 heteroatoms. The molecule has 4 aliphatic rings. The van der Waals surface area contributed by atoms with Crippen molar-refractivity contribution in [3.8, 4) is 0 Å². The number of methoxy groups -OCH3 is 1. The number of aliphatic hydroxyl groups is 1. The van der Waals surface area contributed by atoms with E-state index < -0.39 is 71.8 Å². The first-order valence-electron chi connectivity index (χ1n) is 11.6. The molecule has 3 aliphatic heterocycles. The minimum Gasteiger partial charge on any atom is -0.468 e. The summed E-state index contributed by atoms with van der Waals surface area (Å²) in [5, 5.41) is 10.4. The van der Waals surface area contributed by atoms with Gasteiger partial charge in [-0.3, -0.25) is 9.59 Å². The van der Waals surface area contributed by atoms with E-state index in [1.54, 1.807) is 27.7 Å². The van der Waals surface area contributed by atoms with Gasteiger partial charge in [0.05, 0.1) is 25.9 Å². The predicted octanol–water partition coefficient (Wildman–Crippen LogP) is 0.978. The highest BCUT2D eigenvalue weighted by atomic mass is 16.8. The lowest BCUT2D eigenvalue weighted by molar-refractivity contribution is -0.244. The van der Waals surface area contributed by atoms with Crippen LogP contribution in [-0.2, 0) is 47.5 Å². The van der Waals surface area contributed by atoms with E-state index in [4.69, 9.17) is 37.9 Å². The second-order valence-electron chi connectivity index (χ2n) is 9.94. The molecule has 8 atom stereocenters. The van der Waals surface area contributed by atoms with Crippen LogP contribution >= 0.6 is 0 Å². The van der Waals surface area contributed by atoms with Gasteiger partial charge in [-0.05, 0) is 27.7 Å². The van der Waals surface area contributed by atoms with Crippen LogP contribution in [0.1, 0.15) is 34.1 Å². The largest absolute Gasteiger partial charge is 0.468 e. The van der Waals surface area contributed by atoms with Gasteiger partial charge in [0.2, 0.25) is 5.41 Å². The summed E-state index contributed by atoms with van der Waals surface area (Å²) in [4.78, 5) is 26.3. The van der Waals surface area contributed by atoms with E-state index in [1.807, 2.05) is 0 Å². The molecule has 3 saturated heterocycles. The lowest BCUT2D eigenvalue weighted by Crippen LogP contribution is -2.56. The quantitative estimate of drug-likeness (QED) is 0.306. The standard InChI is InChI=1S/C24H34O11/c1-7-10-29-21(27)24(20(26)28-6)9-8-13(25)11-15(24)31-17-16(14-12-30-22(2,3)33-14)32-19-18(17)34-23(4,5)35-19/h7-9,13-19,25H,1,10-12H2,2-6H3/t13-,14+,15+,16+,17-,18+,19+,24+/m0/s1. The summed E-state index contributed by atoms with van der Waals surface area (Å²) >= 11 is 0. The van der Waals surface area contributed by atoms with Crippen molar-refractivity contribution in [2.45, 2.75) is 88.6 Å². The highest BCUT2D eigenvalue weighted by Crippen LogP contribution is 2.45. The van der Waals surface area contributed by atoms with Gasteiger partial charge in [0.15, 0.2) is 17.9 Å². The molecule has 35 heavy (non-hydrogen) atoms. The number of rotatable bonds is 7. The van der Waals surface area contributed by atoms with Crippen LogP contribution < -0.4 is 0 Å². The topological polar surface area (TPSA) is 128 Å². The second-order valence-corrected chi connectivity index (χ2v) is 9.94. The van der Waals surface area contributed by atoms with Crippen LogP contribution in [0, 0.1) is 5.41 Å². The molecule has 0 bridgehead atoms. The van der Waals surface area contributed by atoms with Gasteiger partial charge in [0.1, 0.15) is 31.0 Å². The molecular weight excluding hydrogens is 464 g/mol. The first-order chi connectivity index (χ1) is 16.4. The molecule has 0 spiro atoms. The maximum atomic E-state index is 13.2. The molecule has 0 amide bonds. The van der Waals surface area contributed by atoms with Crippen molar-refractivity contribution in [2.75, 3.05) is 20.3 Å². The maximum Gasteiger partial charge on any atom is 0.330 e. The number of aliphatic hydroxyl groups excluding tert-OH is 1. The molecule has 196 valence electrons. The summed E-state index contributed by atoms with van der Waals surface area (Å²) in [5.74, 6) is -3.53. The van der Waals surface area contributed by atoms with Crippen molar-refractivity contribution in [1.82, 2.24) is 0 Å². The third kappa shape index (κ3) is 4.91. The molecular formula is C24H34O11. The van der Waals surface area contributed by atoms with Gasteiger partial charge >= 0.3 is 11.9 Å². The molecule has 0 aromatic rings. The zero-order chi connectivity index (χ0) is 25.6. The fourth-order valence-electron chi connectivity index (χ4n) is 4.95. The van der Waals surface area contributed by atoms with Gasteiger partial charge in [0, 0.05) is 6.42 Å². The Morgan fingerprint density at radius 3 is 2.49 bits per heavy atom. The van der Waals surface area contributed by atoms with Gasteiger partial charge in [-0.25, -0.2) is 0 Å². The third-order valence-corrected chi connectivity index (χ3v) is 6.48. The number of ether oxygens (including phenoxy) is 8. The summed E-state index contributed by atoms with van der Waals surface area (Å²) < 4.78 is 46.6. The Morgan fingerprint density at radius 1 is 1.11 bits per heavy atom. The Labute approximate surface area is 204 Å². The van der Waals surface area contributed by atoms with Crippen molar-refractivity contribution < 1.29 is 52.6 Å². The molecule has 4 rings (SSSR count). The normalized spacial score (nSPS) is 41.4. The lowest BCUT2D eigenvalue weighted by atomic mass is 9.75. The van der Waals surface area contributed by atoms with Crippen molar-refractivity contribution in [2.24, 2.45) is 5.41 Å². The summed E-state index contributed by atoms with van der Waals surface area (Å²) in [6, 6.07) is 0. The summed E-state index contributed by atoms with van der Waals surface area (Å²) in [5.41, 5.74) is -1.96. The molecule has 1 aliphatic carbocycles. The highest BCUT2D eigenvalue weighted by Gasteiger charge is 2.63. The van der Waals surface area contributed by atoms with Crippen LogP contribution in [0.15, 0.2) is 24.8 Å². The third-order valence-electron chi connectivity index (χ3n) is 6.48. The minimum absolute atomic E-state index is 0.0762. The molecule has 0 radical (unpaired) electrons. The predicted molar refractivity (Wildman–Crippen MR) is 118 cm³/mol. The molecule has 11 nitrogen and oxygen atoms in total. The summed E-state index contributed by atoms with van der Waals surface area (Å²) in [6.45, 7) is 10.7. The number of hydrogen-bond donors (Lipinski definition) is 1. The Bertz CT molecular complexity index is 868. The smallest absolute Gasteiger partial charge is 0.330 e. The number of carbonyl (C=O) groups excluding carboxylic acids is 2. The number of esters is 2. The van der Waals surface area contributed by atoms with Crippen molar-refractivity contribution in [3.05, 3.63) is 24.8 Å². The monoisotopic (exact) mass is 498 g/mol. The van der Waals surface area contributed by atoms with E-state index in [2.05, 4.69) is 6.58 Å². The zero-order valence-electron chi connectivity index (χ0n) is 20.6. The Kier molecular flexibility index (Phi) is 7.15. The minimum atomic E-state index is -1.96. The van der Waals surface area contributed by atoms with Crippen LogP contribution in [0.2, 0.25) is 0 Å². The maximum absolute atomic E-state index is 13.2. The van der Waals surface area contributed by atoms with Crippen LogP contribution in [0.3, 0.4) is 0 Å². The molecule has 1 N–H and O–H groups in total. The van der Waals surface area contributed by atoms with Crippen molar-refractivity contribution >= 4 is 11.9 Å². The van der Waals surface area contributed by atoms with E-state index in [1.165, 1.54) is 25.3 Å². The van der Waals surface area contributed by atoms with E-state index >= 15 is 0 Å². The molecule has 0 unspecified atom stereocenters. The molecule has 0 saturated carbocycles. The molecule has 0 aromatic carbocycles. The average Bonchev–Trinajstić information content (AvgIpc) is 3.41. The van der Waals surface area contributed by atoms with Gasteiger partial charge in [0.25, 0.3) is 0 Å². The fraction of sp³-hybridized carbons (Fsp3) is 0.750. The molecule has 3 fully saturated rings. The van der Waals surface area contributed by atoms with Crippen molar-refractivity contribution in [3.63, 3.8) is 0 Å². The van der Waals surface area contributed by atoms with Gasteiger partial charge < -0.3 is 43.0 Å². The van der Waals surface area contributed by atoms with E-state index in [-0.39, 0.29) is 19.6 Å². The fourth-order valence-corrected chi connectivity index (χ4v) is 4.95. The zero-order valence-corrected chi connectivity index (χ0v) is 20.6. The lowest BCUT2D eigenvalue weighted by Gasteiger charge is -2.40. The van der Waals surface area contributed by atoms with Crippen LogP contribution in [-0.4, -0.2) is 91.9 Å². The average molecular weight is 499 g/mol. The number of carbonyl (C=O) groups is 2. The van der Waals surface area contributed by atoms with E-state index in [9.17, 15) is 14.7 Å². The number of hydrogen-bond acceptors (Lipinski definition) is 11. The van der Waals surface area contributed by atoms with E-state index in [0.717, 1.165) is 0 Å². The Balaban J connectivity index is 1.68. The van der Waals surface area contributed by atoms with Gasteiger partial charge in [-0.15, -0.1) is 0 Å². The SMILES string of the molecule is C=CCOC(=O)[C@]1(C(=O)OC)C=C[C@H](O)C[C@H]1O[C@@H]1[C@H]2OC(C)(C)O[C@H]2O[C@@H]1[C@H]1COC(C)(C)O1.